The lowest BCUT2D eigenvalue weighted by atomic mass is 9.68. The number of allylic oxidation sites excluding steroid dienone is 8. The van der Waals surface area contributed by atoms with Gasteiger partial charge in [-0.2, -0.15) is 0 Å². The fourth-order valence-corrected chi connectivity index (χ4v) is 3.64. The van der Waals surface area contributed by atoms with Crippen LogP contribution in [0.4, 0.5) is 0 Å². The molecule has 0 fully saturated rings. The van der Waals surface area contributed by atoms with Gasteiger partial charge in [0.25, 0.3) is 0 Å². The van der Waals surface area contributed by atoms with Crippen LogP contribution in [-0.2, 0) is 0 Å². The molecule has 0 nitrogen and oxygen atoms in total. The summed E-state index contributed by atoms with van der Waals surface area (Å²) in [6.45, 7) is 13.1. The van der Waals surface area contributed by atoms with Gasteiger partial charge in [0.05, 0.1) is 9.75 Å². The molecule has 2 atom stereocenters. The maximum Gasteiger partial charge on any atom is 0.0888 e. The summed E-state index contributed by atoms with van der Waals surface area (Å²) in [5.74, 6) is 0.953. The van der Waals surface area contributed by atoms with Crippen LogP contribution in [0.5, 0.6) is 0 Å². The van der Waals surface area contributed by atoms with Crippen molar-refractivity contribution >= 4 is 23.2 Å². The average Bonchev–Trinajstić information content (AvgIpc) is 2.95. The topological polar surface area (TPSA) is 0 Å². The van der Waals surface area contributed by atoms with Crippen molar-refractivity contribution in [2.45, 2.75) is 51.3 Å². The first-order valence-electron chi connectivity index (χ1n) is 7.74. The predicted octanol–water partition coefficient (Wildman–Crippen LogP) is 6.27. The van der Waals surface area contributed by atoms with Crippen LogP contribution in [0.15, 0.2) is 47.6 Å². The lowest BCUT2D eigenvalue weighted by Crippen LogP contribution is -2.48. The zero-order valence-corrected chi connectivity index (χ0v) is 15.4. The maximum absolute atomic E-state index is 6.99. The molecule has 0 aromatic heterocycles. The van der Waals surface area contributed by atoms with E-state index in [0.717, 1.165) is 0 Å². The summed E-state index contributed by atoms with van der Waals surface area (Å²) in [6.07, 6.45) is 12.8. The Balaban J connectivity index is 2.41. The highest BCUT2D eigenvalue weighted by Crippen LogP contribution is 2.56. The molecule has 0 aromatic carbocycles. The Bertz CT molecular complexity index is 498. The lowest BCUT2D eigenvalue weighted by molar-refractivity contribution is 0.291. The van der Waals surface area contributed by atoms with Gasteiger partial charge in [-0.05, 0) is 23.0 Å². The molecular formula is C19H26Cl2. The average molecular weight is 325 g/mol. The minimum atomic E-state index is -0.554. The SMILES string of the molecule is CC(C)C1=CC(Cl)(C(C)(C)C2(Cl)C=CC(C(C)C)=C2)C=C1. The molecule has 2 aliphatic carbocycles. The Morgan fingerprint density at radius 3 is 1.38 bits per heavy atom. The quantitative estimate of drug-likeness (QED) is 0.534. The van der Waals surface area contributed by atoms with Gasteiger partial charge in [0.1, 0.15) is 0 Å². The van der Waals surface area contributed by atoms with Gasteiger partial charge in [0.2, 0.25) is 0 Å². The lowest BCUT2D eigenvalue weighted by Gasteiger charge is -2.45. The van der Waals surface area contributed by atoms with Gasteiger partial charge in [-0.1, -0.05) is 78.0 Å². The molecule has 2 heteroatoms. The largest absolute Gasteiger partial charge is 0.109 e. The summed E-state index contributed by atoms with van der Waals surface area (Å²) >= 11 is 14.0. The molecule has 0 aromatic rings. The van der Waals surface area contributed by atoms with Crippen molar-refractivity contribution in [2.24, 2.45) is 17.3 Å². The van der Waals surface area contributed by atoms with Crippen LogP contribution in [0, 0.1) is 17.3 Å². The summed E-state index contributed by atoms with van der Waals surface area (Å²) < 4.78 is 0. The van der Waals surface area contributed by atoms with E-state index >= 15 is 0 Å². The van der Waals surface area contributed by atoms with Gasteiger partial charge < -0.3 is 0 Å². The highest BCUT2D eigenvalue weighted by Gasteiger charge is 2.54. The minimum absolute atomic E-state index is 0.330. The van der Waals surface area contributed by atoms with Gasteiger partial charge in [0.15, 0.2) is 0 Å². The van der Waals surface area contributed by atoms with Crippen LogP contribution in [0.25, 0.3) is 0 Å². The van der Waals surface area contributed by atoms with E-state index in [1.54, 1.807) is 0 Å². The third kappa shape index (κ3) is 2.66. The fraction of sp³-hybridized carbons (Fsp3) is 0.579. The summed E-state index contributed by atoms with van der Waals surface area (Å²) in [6, 6.07) is 0. The van der Waals surface area contributed by atoms with E-state index in [1.165, 1.54) is 11.1 Å². The molecule has 0 saturated carbocycles. The van der Waals surface area contributed by atoms with E-state index < -0.39 is 9.75 Å². The summed E-state index contributed by atoms with van der Waals surface area (Å²) in [5, 5.41) is 0. The van der Waals surface area contributed by atoms with E-state index in [1.807, 2.05) is 0 Å². The second-order valence-corrected chi connectivity index (χ2v) is 8.68. The van der Waals surface area contributed by atoms with Crippen molar-refractivity contribution in [1.29, 1.82) is 0 Å². The van der Waals surface area contributed by atoms with Gasteiger partial charge in [-0.25, -0.2) is 0 Å². The third-order valence-electron chi connectivity index (χ3n) is 5.04. The standard InChI is InChI=1S/C19H26Cl2/c1-13(2)15-7-9-18(20,11-15)17(5,6)19(21)10-8-16(12-19)14(3)4/h7-14H,1-6H3. The molecule has 0 aliphatic heterocycles. The Morgan fingerprint density at radius 1 is 0.810 bits per heavy atom. The maximum atomic E-state index is 6.99. The normalized spacial score (nSPS) is 32.3. The van der Waals surface area contributed by atoms with Crippen molar-refractivity contribution in [1.82, 2.24) is 0 Å². The highest BCUT2D eigenvalue weighted by molar-refractivity contribution is 6.32. The molecule has 0 heterocycles. The van der Waals surface area contributed by atoms with Crippen molar-refractivity contribution in [3.05, 3.63) is 47.6 Å². The smallest absolute Gasteiger partial charge is 0.0888 e. The molecule has 2 rings (SSSR count). The molecule has 21 heavy (non-hydrogen) atoms. The Labute approximate surface area is 139 Å². The van der Waals surface area contributed by atoms with Gasteiger partial charge >= 0.3 is 0 Å². The number of rotatable bonds is 4. The van der Waals surface area contributed by atoms with E-state index in [0.29, 0.717) is 11.8 Å². The zero-order valence-electron chi connectivity index (χ0n) is 13.9. The van der Waals surface area contributed by atoms with Crippen molar-refractivity contribution < 1.29 is 0 Å². The molecule has 116 valence electrons. The highest BCUT2D eigenvalue weighted by atomic mass is 35.5. The molecule has 2 unspecified atom stereocenters. The monoisotopic (exact) mass is 324 g/mol. The van der Waals surface area contributed by atoms with Crippen LogP contribution in [-0.4, -0.2) is 9.75 Å². The molecule has 0 bridgehead atoms. The molecular weight excluding hydrogens is 299 g/mol. The first kappa shape index (κ1) is 16.9. The summed E-state index contributed by atoms with van der Waals surface area (Å²) in [5.41, 5.74) is 2.24. The Morgan fingerprint density at radius 2 is 1.14 bits per heavy atom. The molecule has 0 N–H and O–H groups in total. The minimum Gasteiger partial charge on any atom is -0.109 e. The molecule has 2 aliphatic rings. The van der Waals surface area contributed by atoms with Gasteiger partial charge in [-0.3, -0.25) is 0 Å². The summed E-state index contributed by atoms with van der Waals surface area (Å²) in [7, 11) is 0. The van der Waals surface area contributed by atoms with Crippen LogP contribution >= 0.6 is 23.2 Å². The first-order valence-corrected chi connectivity index (χ1v) is 8.50. The Kier molecular flexibility index (Phi) is 4.28. The van der Waals surface area contributed by atoms with Crippen LogP contribution < -0.4 is 0 Å². The molecule has 0 amide bonds. The van der Waals surface area contributed by atoms with Crippen molar-refractivity contribution in [2.75, 3.05) is 0 Å². The van der Waals surface area contributed by atoms with Gasteiger partial charge in [-0.15, -0.1) is 23.2 Å². The predicted molar refractivity (Wildman–Crippen MR) is 95.1 cm³/mol. The van der Waals surface area contributed by atoms with Crippen molar-refractivity contribution in [3.8, 4) is 0 Å². The van der Waals surface area contributed by atoms with Crippen molar-refractivity contribution in [3.63, 3.8) is 0 Å². The molecule has 0 radical (unpaired) electrons. The second kappa shape index (κ2) is 5.32. The van der Waals surface area contributed by atoms with E-state index in [4.69, 9.17) is 23.2 Å². The number of halogens is 2. The fourth-order valence-electron chi connectivity index (χ4n) is 2.90. The van der Waals surface area contributed by atoms with E-state index in [2.05, 4.69) is 78.0 Å². The number of alkyl halides is 2. The third-order valence-corrected chi connectivity index (χ3v) is 6.45. The second-order valence-electron chi connectivity index (χ2n) is 7.43. The molecule has 0 spiro atoms. The number of hydrogen-bond donors (Lipinski definition) is 0. The zero-order chi connectivity index (χ0) is 16.1. The van der Waals surface area contributed by atoms with E-state index in [-0.39, 0.29) is 5.41 Å². The van der Waals surface area contributed by atoms with Crippen LogP contribution in [0.1, 0.15) is 41.5 Å². The first-order chi connectivity index (χ1) is 9.52. The van der Waals surface area contributed by atoms with Gasteiger partial charge in [0, 0.05) is 5.41 Å². The Hall–Kier alpha value is -0.460. The van der Waals surface area contributed by atoms with E-state index in [9.17, 15) is 0 Å². The molecule has 0 saturated heterocycles. The van der Waals surface area contributed by atoms with Crippen LogP contribution in [0.2, 0.25) is 0 Å². The number of hydrogen-bond acceptors (Lipinski definition) is 0. The summed E-state index contributed by atoms with van der Waals surface area (Å²) in [4.78, 5) is -1.11. The van der Waals surface area contributed by atoms with Crippen LogP contribution in [0.3, 0.4) is 0 Å².